The number of hydrogen-bond acceptors (Lipinski definition) is 5. The monoisotopic (exact) mass is 261 g/mol. The van der Waals surface area contributed by atoms with Gasteiger partial charge in [-0.25, -0.2) is 9.67 Å². The van der Waals surface area contributed by atoms with Crippen molar-refractivity contribution in [3.63, 3.8) is 0 Å². The zero-order chi connectivity index (χ0) is 13.8. The van der Waals surface area contributed by atoms with Crippen molar-refractivity contribution >= 4 is 17.5 Å². The second kappa shape index (κ2) is 5.38. The van der Waals surface area contributed by atoms with Gasteiger partial charge in [-0.1, -0.05) is 0 Å². The summed E-state index contributed by atoms with van der Waals surface area (Å²) in [7, 11) is 1.61. The van der Waals surface area contributed by atoms with Crippen LogP contribution < -0.4 is 15.8 Å². The molecule has 19 heavy (non-hydrogen) atoms. The van der Waals surface area contributed by atoms with Crippen LogP contribution in [0.4, 0.5) is 11.6 Å². The number of carbonyl (C=O) groups excluding carboxylic acids is 1. The number of nitrogens with two attached hydrogens (primary N) is 1. The lowest BCUT2D eigenvalue weighted by Gasteiger charge is -2.08. The number of benzene rings is 1. The molecule has 100 valence electrons. The molecule has 0 unspecified atom stereocenters. The van der Waals surface area contributed by atoms with Gasteiger partial charge in [-0.3, -0.25) is 4.79 Å². The van der Waals surface area contributed by atoms with Crippen molar-refractivity contribution in [2.75, 3.05) is 18.2 Å². The standard InChI is InChI=1S/C12H15N5O2/c1-8-5-9(3-4-10(8)19-2)15-11(18)6-17-7-14-12(13)16-17/h3-5,7H,6H2,1-2H3,(H2,13,16)(H,15,18). The van der Waals surface area contributed by atoms with Crippen molar-refractivity contribution in [2.45, 2.75) is 13.5 Å². The third-order valence-corrected chi connectivity index (χ3v) is 2.54. The fourth-order valence-electron chi connectivity index (χ4n) is 1.69. The van der Waals surface area contributed by atoms with Crippen LogP contribution in [0.2, 0.25) is 0 Å². The van der Waals surface area contributed by atoms with E-state index in [1.165, 1.54) is 11.0 Å². The summed E-state index contributed by atoms with van der Waals surface area (Å²) in [6.45, 7) is 1.97. The second-order valence-corrected chi connectivity index (χ2v) is 4.03. The number of nitrogen functional groups attached to an aromatic ring is 1. The molecule has 0 fully saturated rings. The number of ether oxygens (including phenoxy) is 1. The quantitative estimate of drug-likeness (QED) is 0.849. The molecule has 0 aliphatic carbocycles. The smallest absolute Gasteiger partial charge is 0.246 e. The van der Waals surface area contributed by atoms with Crippen LogP contribution in [0.3, 0.4) is 0 Å². The van der Waals surface area contributed by atoms with E-state index in [4.69, 9.17) is 10.5 Å². The fraction of sp³-hybridized carbons (Fsp3) is 0.250. The third kappa shape index (κ3) is 3.21. The maximum absolute atomic E-state index is 11.8. The van der Waals surface area contributed by atoms with Crippen LogP contribution in [0.1, 0.15) is 5.56 Å². The highest BCUT2D eigenvalue weighted by Gasteiger charge is 2.06. The summed E-state index contributed by atoms with van der Waals surface area (Å²) in [5, 5.41) is 6.61. The Morgan fingerprint density at radius 3 is 2.89 bits per heavy atom. The number of aromatic nitrogens is 3. The predicted octanol–water partition coefficient (Wildman–Crippen LogP) is 0.816. The van der Waals surface area contributed by atoms with Gasteiger partial charge in [0.2, 0.25) is 11.9 Å². The van der Waals surface area contributed by atoms with E-state index in [0.29, 0.717) is 5.69 Å². The van der Waals surface area contributed by atoms with E-state index in [-0.39, 0.29) is 18.4 Å². The van der Waals surface area contributed by atoms with Gasteiger partial charge in [0.15, 0.2) is 0 Å². The summed E-state index contributed by atoms with van der Waals surface area (Å²) in [5.74, 6) is 0.726. The average Bonchev–Trinajstić information content (AvgIpc) is 2.74. The Balaban J connectivity index is 2.00. The van der Waals surface area contributed by atoms with Crippen molar-refractivity contribution in [3.8, 4) is 5.75 Å². The Morgan fingerprint density at radius 2 is 2.32 bits per heavy atom. The van der Waals surface area contributed by atoms with Crippen molar-refractivity contribution in [1.82, 2.24) is 14.8 Å². The van der Waals surface area contributed by atoms with Crippen LogP contribution in [0.15, 0.2) is 24.5 Å². The highest BCUT2D eigenvalue weighted by molar-refractivity contribution is 5.90. The predicted molar refractivity (Wildman–Crippen MR) is 70.8 cm³/mol. The molecule has 0 aliphatic rings. The first-order chi connectivity index (χ1) is 9.08. The molecule has 0 atom stereocenters. The van der Waals surface area contributed by atoms with Crippen molar-refractivity contribution in [2.24, 2.45) is 0 Å². The van der Waals surface area contributed by atoms with Crippen LogP contribution >= 0.6 is 0 Å². The van der Waals surface area contributed by atoms with Gasteiger partial charge in [-0.15, -0.1) is 5.10 Å². The lowest BCUT2D eigenvalue weighted by Crippen LogP contribution is -2.19. The summed E-state index contributed by atoms with van der Waals surface area (Å²) in [5.41, 5.74) is 7.02. The Labute approximate surface area is 110 Å². The average molecular weight is 261 g/mol. The molecule has 1 amide bonds. The Hall–Kier alpha value is -2.57. The molecule has 7 heteroatoms. The van der Waals surface area contributed by atoms with Gasteiger partial charge in [0.05, 0.1) is 7.11 Å². The van der Waals surface area contributed by atoms with Gasteiger partial charge in [-0.2, -0.15) is 0 Å². The molecule has 0 radical (unpaired) electrons. The van der Waals surface area contributed by atoms with Gasteiger partial charge in [0.1, 0.15) is 18.6 Å². The zero-order valence-corrected chi connectivity index (χ0v) is 10.8. The molecule has 0 bridgehead atoms. The van der Waals surface area contributed by atoms with Crippen molar-refractivity contribution in [1.29, 1.82) is 0 Å². The molecule has 2 rings (SSSR count). The minimum atomic E-state index is -0.200. The molecular formula is C12H15N5O2. The van der Waals surface area contributed by atoms with Crippen LogP contribution in [-0.4, -0.2) is 27.8 Å². The summed E-state index contributed by atoms with van der Waals surface area (Å²) >= 11 is 0. The third-order valence-electron chi connectivity index (χ3n) is 2.54. The molecule has 2 aromatic rings. The largest absolute Gasteiger partial charge is 0.496 e. The minimum Gasteiger partial charge on any atom is -0.496 e. The topological polar surface area (TPSA) is 95.1 Å². The van der Waals surface area contributed by atoms with E-state index in [2.05, 4.69) is 15.4 Å². The normalized spacial score (nSPS) is 10.2. The molecule has 1 aromatic heterocycles. The number of rotatable bonds is 4. The first-order valence-electron chi connectivity index (χ1n) is 5.68. The van der Waals surface area contributed by atoms with E-state index < -0.39 is 0 Å². The molecule has 1 heterocycles. The van der Waals surface area contributed by atoms with Crippen LogP contribution in [0.25, 0.3) is 0 Å². The van der Waals surface area contributed by atoms with Gasteiger partial charge < -0.3 is 15.8 Å². The number of carbonyl (C=O) groups is 1. The van der Waals surface area contributed by atoms with E-state index in [0.717, 1.165) is 11.3 Å². The molecule has 3 N–H and O–H groups in total. The molecule has 0 spiro atoms. The van der Waals surface area contributed by atoms with E-state index >= 15 is 0 Å². The Morgan fingerprint density at radius 1 is 1.53 bits per heavy atom. The zero-order valence-electron chi connectivity index (χ0n) is 10.8. The van der Waals surface area contributed by atoms with Gasteiger partial charge >= 0.3 is 0 Å². The van der Waals surface area contributed by atoms with E-state index in [1.807, 2.05) is 13.0 Å². The van der Waals surface area contributed by atoms with Gasteiger partial charge in [-0.05, 0) is 30.7 Å². The van der Waals surface area contributed by atoms with E-state index in [9.17, 15) is 4.79 Å². The van der Waals surface area contributed by atoms with Gasteiger partial charge in [0, 0.05) is 5.69 Å². The number of anilines is 2. The second-order valence-electron chi connectivity index (χ2n) is 4.03. The number of hydrogen-bond donors (Lipinski definition) is 2. The van der Waals surface area contributed by atoms with Crippen LogP contribution in [0, 0.1) is 6.92 Å². The lowest BCUT2D eigenvalue weighted by atomic mass is 10.2. The summed E-state index contributed by atoms with van der Waals surface area (Å²) < 4.78 is 6.53. The van der Waals surface area contributed by atoms with E-state index in [1.54, 1.807) is 19.2 Å². The number of aryl methyl sites for hydroxylation is 1. The first kappa shape index (κ1) is 12.9. The Bertz CT molecular complexity index is 594. The molecule has 0 saturated heterocycles. The molecular weight excluding hydrogens is 246 g/mol. The fourth-order valence-corrected chi connectivity index (χ4v) is 1.69. The van der Waals surface area contributed by atoms with Crippen LogP contribution in [0.5, 0.6) is 5.75 Å². The molecule has 1 aromatic carbocycles. The SMILES string of the molecule is COc1ccc(NC(=O)Cn2cnc(N)n2)cc1C. The van der Waals surface area contributed by atoms with Crippen molar-refractivity contribution < 1.29 is 9.53 Å². The number of nitrogens with one attached hydrogen (secondary N) is 1. The maximum atomic E-state index is 11.8. The number of amides is 1. The van der Waals surface area contributed by atoms with Crippen molar-refractivity contribution in [3.05, 3.63) is 30.1 Å². The molecule has 7 nitrogen and oxygen atoms in total. The highest BCUT2D eigenvalue weighted by atomic mass is 16.5. The van der Waals surface area contributed by atoms with Crippen LogP contribution in [-0.2, 0) is 11.3 Å². The molecule has 0 saturated carbocycles. The summed E-state index contributed by atoms with van der Waals surface area (Å²) in [6.07, 6.45) is 1.41. The Kier molecular flexibility index (Phi) is 3.65. The number of nitrogens with zero attached hydrogens (tertiary/aromatic N) is 3. The summed E-state index contributed by atoms with van der Waals surface area (Å²) in [4.78, 5) is 15.5. The maximum Gasteiger partial charge on any atom is 0.246 e. The summed E-state index contributed by atoms with van der Waals surface area (Å²) in [6, 6.07) is 5.42. The minimum absolute atomic E-state index is 0.0648. The first-order valence-corrected chi connectivity index (χ1v) is 5.68. The number of methoxy groups -OCH3 is 1. The molecule has 0 aliphatic heterocycles. The van der Waals surface area contributed by atoms with Gasteiger partial charge in [0.25, 0.3) is 0 Å². The lowest BCUT2D eigenvalue weighted by molar-refractivity contribution is -0.116. The highest BCUT2D eigenvalue weighted by Crippen LogP contribution is 2.21.